The van der Waals surface area contributed by atoms with Crippen LogP contribution in [0.15, 0.2) is 90.3 Å². The standard InChI is InChI=1S/C15H14N2O3.C12H8N2.Cu/c1-10(13-4-2-3-5-14(13)19)16-17-15(20)11-6-8-12(18)9-7-11;1-3-9-5-6-10-4-2-8-14-12(10)11(9)13-7-1;/h2-9,18-19H,1H3,(H,17,20);1-8H;/q;-2;+2/b16-10-;;. The molecule has 3 aromatic carbocycles. The molecule has 0 unspecified atom stereocenters. The predicted octanol–water partition coefficient (Wildman–Crippen LogP) is 4.56. The summed E-state index contributed by atoms with van der Waals surface area (Å²) in [6, 6.07) is 16.7. The van der Waals surface area contributed by atoms with Crippen molar-refractivity contribution in [1.82, 2.24) is 5.43 Å². The van der Waals surface area contributed by atoms with Gasteiger partial charge in [0.1, 0.15) is 11.5 Å². The number of phenolic OH excluding ortho intramolecular Hbond substituents is 2. The van der Waals surface area contributed by atoms with Gasteiger partial charge >= 0.3 is 17.1 Å². The number of rotatable bonds is 3. The first-order valence-corrected chi connectivity index (χ1v) is 10.5. The third kappa shape index (κ3) is 6.20. The Bertz CT molecular complexity index is 1380. The number of nitrogens with one attached hydrogen (secondary N) is 1. The summed E-state index contributed by atoms with van der Waals surface area (Å²) in [5.74, 6) is -0.192. The van der Waals surface area contributed by atoms with Crippen LogP contribution in [0.25, 0.3) is 22.8 Å². The van der Waals surface area contributed by atoms with E-state index >= 15 is 0 Å². The monoisotopic (exact) mass is 513 g/mol. The summed E-state index contributed by atoms with van der Waals surface area (Å²) in [7, 11) is 0. The van der Waals surface area contributed by atoms with Gasteiger partial charge in [0.2, 0.25) is 0 Å². The summed E-state index contributed by atoms with van der Waals surface area (Å²) in [5.41, 5.74) is 5.79. The number of fused-ring (bicyclic) bond motifs is 3. The maximum atomic E-state index is 11.8. The number of amides is 1. The molecule has 0 spiro atoms. The van der Waals surface area contributed by atoms with Gasteiger partial charge in [0.15, 0.2) is 0 Å². The van der Waals surface area contributed by atoms with Gasteiger partial charge in [-0.1, -0.05) is 48.6 Å². The number of phenols is 2. The van der Waals surface area contributed by atoms with Crippen LogP contribution in [0.1, 0.15) is 22.8 Å². The van der Waals surface area contributed by atoms with Crippen molar-refractivity contribution in [2.45, 2.75) is 6.92 Å². The average molecular weight is 514 g/mol. The van der Waals surface area contributed by atoms with E-state index in [0.29, 0.717) is 16.8 Å². The van der Waals surface area contributed by atoms with E-state index < -0.39 is 0 Å². The minimum atomic E-state index is -0.389. The van der Waals surface area contributed by atoms with Crippen LogP contribution >= 0.6 is 0 Å². The predicted molar refractivity (Wildman–Crippen MR) is 135 cm³/mol. The smallest absolute Gasteiger partial charge is 0.665 e. The number of aromatic hydroxyl groups is 2. The van der Waals surface area contributed by atoms with Crippen molar-refractivity contribution in [1.29, 1.82) is 0 Å². The van der Waals surface area contributed by atoms with Gasteiger partial charge in [0.25, 0.3) is 5.91 Å². The molecule has 0 saturated carbocycles. The van der Waals surface area contributed by atoms with Gasteiger partial charge in [-0.2, -0.15) is 17.5 Å². The largest absolute Gasteiger partial charge is 2.00 e. The van der Waals surface area contributed by atoms with Gasteiger partial charge in [-0.3, -0.25) is 4.79 Å². The quantitative estimate of drug-likeness (QED) is 0.271. The number of carbonyl (C=O) groups is 1. The SMILES string of the molecule is C/C(=N/NC(=O)c1ccc(O)cc1)c1ccccc1O.C1=C[N-]c2c3c(ccc2=C1)=CC=C[N-]3.[Cu+2]. The first-order valence-electron chi connectivity index (χ1n) is 10.5. The third-order valence-electron chi connectivity index (χ3n) is 5.09. The van der Waals surface area contributed by atoms with E-state index in [0.717, 1.165) is 21.8 Å². The van der Waals surface area contributed by atoms with E-state index in [9.17, 15) is 9.90 Å². The van der Waals surface area contributed by atoms with Crippen molar-refractivity contribution >= 4 is 35.1 Å². The maximum Gasteiger partial charge on any atom is 2.00 e. The number of carbonyl (C=O) groups excluding carboxylic acids is 1. The van der Waals surface area contributed by atoms with E-state index in [1.807, 2.05) is 12.2 Å². The summed E-state index contributed by atoms with van der Waals surface area (Å²) in [6.45, 7) is 1.69. The first kappa shape index (κ1) is 25.4. The van der Waals surface area contributed by atoms with Crippen LogP contribution in [0.3, 0.4) is 0 Å². The summed E-state index contributed by atoms with van der Waals surface area (Å²) >= 11 is 0. The van der Waals surface area contributed by atoms with Crippen molar-refractivity contribution < 1.29 is 32.1 Å². The second-order valence-electron chi connectivity index (χ2n) is 7.42. The molecule has 2 heterocycles. The van der Waals surface area contributed by atoms with Crippen LogP contribution in [0, 0.1) is 0 Å². The van der Waals surface area contributed by atoms with Crippen LogP contribution in [0.4, 0.5) is 11.4 Å². The van der Waals surface area contributed by atoms with Crippen LogP contribution < -0.4 is 15.9 Å². The Morgan fingerprint density at radius 1 is 0.829 bits per heavy atom. The minimum Gasteiger partial charge on any atom is -0.665 e. The minimum absolute atomic E-state index is 0. The molecule has 1 amide bonds. The zero-order valence-corrected chi connectivity index (χ0v) is 19.6. The summed E-state index contributed by atoms with van der Waals surface area (Å²) in [4.78, 5) is 11.8. The summed E-state index contributed by atoms with van der Waals surface area (Å²) in [5, 5.41) is 33.7. The Morgan fingerprint density at radius 3 is 1.97 bits per heavy atom. The molecule has 5 rings (SSSR count). The van der Waals surface area contributed by atoms with E-state index in [1.165, 1.54) is 24.3 Å². The Morgan fingerprint density at radius 2 is 1.40 bits per heavy atom. The second-order valence-corrected chi connectivity index (χ2v) is 7.42. The topological polar surface area (TPSA) is 110 Å². The fourth-order valence-corrected chi connectivity index (χ4v) is 3.33. The molecule has 0 bridgehead atoms. The Kier molecular flexibility index (Phi) is 8.51. The molecule has 179 valence electrons. The molecule has 3 N–H and O–H groups in total. The molecular formula is C27H22CuN4O3. The molecule has 0 aromatic heterocycles. The molecule has 3 aromatic rings. The van der Waals surface area contributed by atoms with E-state index in [2.05, 4.69) is 45.4 Å². The summed E-state index contributed by atoms with van der Waals surface area (Å²) in [6.07, 6.45) is 11.6. The molecule has 0 fully saturated rings. The van der Waals surface area contributed by atoms with Crippen LogP contribution in [-0.2, 0) is 17.1 Å². The van der Waals surface area contributed by atoms with Crippen LogP contribution in [0.2, 0.25) is 0 Å². The number of nitrogens with zero attached hydrogens (tertiary/aromatic N) is 3. The van der Waals surface area contributed by atoms with Gasteiger partial charge in [-0.25, -0.2) is 5.43 Å². The molecule has 35 heavy (non-hydrogen) atoms. The molecule has 7 nitrogen and oxygen atoms in total. The maximum absolute atomic E-state index is 11.8. The molecule has 0 saturated heterocycles. The van der Waals surface area contributed by atoms with Gasteiger partial charge in [-0.05, 0) is 53.8 Å². The summed E-state index contributed by atoms with van der Waals surface area (Å²) < 4.78 is 0. The molecule has 8 heteroatoms. The van der Waals surface area contributed by atoms with Crippen molar-refractivity contribution in [2.24, 2.45) is 5.10 Å². The van der Waals surface area contributed by atoms with Gasteiger partial charge < -0.3 is 20.8 Å². The van der Waals surface area contributed by atoms with Crippen LogP contribution in [-0.4, -0.2) is 21.8 Å². The number of benzene rings is 3. The van der Waals surface area contributed by atoms with Gasteiger partial charge in [0.05, 0.1) is 5.71 Å². The zero-order valence-electron chi connectivity index (χ0n) is 18.7. The molecule has 1 radical (unpaired) electrons. The third-order valence-corrected chi connectivity index (χ3v) is 5.09. The fourth-order valence-electron chi connectivity index (χ4n) is 3.33. The number of hydrogen-bond acceptors (Lipinski definition) is 4. The molecule has 2 aliphatic heterocycles. The molecule has 0 aliphatic carbocycles. The molecule has 2 aliphatic rings. The van der Waals surface area contributed by atoms with E-state index in [-0.39, 0.29) is 34.5 Å². The molecular weight excluding hydrogens is 492 g/mol. The Labute approximate surface area is 213 Å². The van der Waals surface area contributed by atoms with Crippen molar-refractivity contribution in [3.8, 4) is 11.5 Å². The van der Waals surface area contributed by atoms with Crippen molar-refractivity contribution in [3.05, 3.63) is 117 Å². The van der Waals surface area contributed by atoms with E-state index in [4.69, 9.17) is 5.11 Å². The number of hydrogen-bond donors (Lipinski definition) is 3. The number of para-hydroxylation sites is 1. The molecule has 0 atom stereocenters. The van der Waals surface area contributed by atoms with Gasteiger partial charge in [0, 0.05) is 11.1 Å². The zero-order chi connectivity index (χ0) is 23.9. The average Bonchev–Trinajstić information content (AvgIpc) is 2.88. The Balaban J connectivity index is 0.000000200. The normalized spacial score (nSPS) is 12.5. The van der Waals surface area contributed by atoms with E-state index in [1.54, 1.807) is 43.6 Å². The van der Waals surface area contributed by atoms with Crippen molar-refractivity contribution in [2.75, 3.05) is 0 Å². The fraction of sp³-hybridized carbons (Fsp3) is 0.0370. The number of allylic oxidation sites excluding steroid dienone is 2. The number of hydrazone groups is 1. The van der Waals surface area contributed by atoms with Gasteiger partial charge in [-0.15, -0.1) is 11.4 Å². The first-order chi connectivity index (χ1) is 16.5. The Hall–Kier alpha value is -4.26. The van der Waals surface area contributed by atoms with Crippen LogP contribution in [0.5, 0.6) is 11.5 Å². The second kappa shape index (κ2) is 11.7. The van der Waals surface area contributed by atoms with Crippen molar-refractivity contribution in [3.63, 3.8) is 0 Å².